The number of carbonyl (C=O) groups excluding carboxylic acids is 1. The van der Waals surface area contributed by atoms with E-state index in [1.807, 2.05) is 0 Å². The Morgan fingerprint density at radius 3 is 2.39 bits per heavy atom. The minimum absolute atomic E-state index is 0.0729. The zero-order valence-corrected chi connectivity index (χ0v) is 20.4. The van der Waals surface area contributed by atoms with Crippen molar-refractivity contribution in [3.63, 3.8) is 0 Å². The molecule has 1 aliphatic carbocycles. The van der Waals surface area contributed by atoms with E-state index in [1.54, 1.807) is 19.0 Å². The summed E-state index contributed by atoms with van der Waals surface area (Å²) in [6, 6.07) is 2.37. The summed E-state index contributed by atoms with van der Waals surface area (Å²) >= 11 is 0. The van der Waals surface area contributed by atoms with Gasteiger partial charge in [-0.3, -0.25) is 9.79 Å². The van der Waals surface area contributed by atoms with Crippen LogP contribution in [0.1, 0.15) is 30.4 Å². The molecular formula is C25H31F6N3O2. The number of rotatable bonds is 11. The van der Waals surface area contributed by atoms with Crippen molar-refractivity contribution in [3.05, 3.63) is 53.6 Å². The number of phenolic OH excluding ortho intramolecular Hbond substituents is 1. The first-order valence-electron chi connectivity index (χ1n) is 11.3. The number of allylic oxidation sites excluding steroid dienone is 3. The fourth-order valence-corrected chi connectivity index (χ4v) is 4.20. The van der Waals surface area contributed by atoms with E-state index in [0.29, 0.717) is 6.07 Å². The van der Waals surface area contributed by atoms with Crippen LogP contribution in [-0.4, -0.2) is 62.0 Å². The van der Waals surface area contributed by atoms with Crippen LogP contribution in [0.4, 0.5) is 26.3 Å². The maximum Gasteiger partial charge on any atom is 0.416 e. The van der Waals surface area contributed by atoms with E-state index in [0.717, 1.165) is 6.07 Å². The van der Waals surface area contributed by atoms with E-state index < -0.39 is 53.4 Å². The molecule has 36 heavy (non-hydrogen) atoms. The molecule has 2 rings (SSSR count). The third-order valence-electron chi connectivity index (χ3n) is 6.52. The van der Waals surface area contributed by atoms with Gasteiger partial charge in [0.05, 0.1) is 11.0 Å². The van der Waals surface area contributed by atoms with Crippen molar-refractivity contribution in [2.45, 2.75) is 44.1 Å². The number of alkyl halides is 6. The first-order valence-corrected chi connectivity index (χ1v) is 11.3. The molecule has 0 unspecified atom stereocenters. The maximum absolute atomic E-state index is 13.8. The van der Waals surface area contributed by atoms with Crippen molar-refractivity contribution in [2.75, 3.05) is 27.7 Å². The van der Waals surface area contributed by atoms with Crippen LogP contribution in [0.2, 0.25) is 0 Å². The predicted octanol–water partition coefficient (Wildman–Crippen LogP) is 5.16. The highest BCUT2D eigenvalue weighted by Crippen LogP contribution is 2.64. The number of hydrogen-bond donors (Lipinski definition) is 2. The second-order valence-electron chi connectivity index (χ2n) is 9.22. The predicted molar refractivity (Wildman–Crippen MR) is 126 cm³/mol. The summed E-state index contributed by atoms with van der Waals surface area (Å²) in [7, 11) is 4.75. The molecule has 1 aromatic carbocycles. The molecule has 0 aliphatic heterocycles. The summed E-state index contributed by atoms with van der Waals surface area (Å²) in [4.78, 5) is 18.1. The Morgan fingerprint density at radius 1 is 1.25 bits per heavy atom. The lowest BCUT2D eigenvalue weighted by Crippen LogP contribution is -2.43. The minimum atomic E-state index is -4.69. The van der Waals surface area contributed by atoms with Crippen molar-refractivity contribution in [1.82, 2.24) is 10.2 Å². The average molecular weight is 520 g/mol. The minimum Gasteiger partial charge on any atom is -0.508 e. The van der Waals surface area contributed by atoms with Crippen molar-refractivity contribution >= 4 is 12.1 Å². The Bertz CT molecular complexity index is 994. The van der Waals surface area contributed by atoms with Crippen molar-refractivity contribution in [1.29, 1.82) is 0 Å². The van der Waals surface area contributed by atoms with Gasteiger partial charge in [0.1, 0.15) is 5.75 Å². The van der Waals surface area contributed by atoms with Gasteiger partial charge in [0.2, 0.25) is 5.91 Å². The number of halogens is 6. The molecule has 0 bridgehead atoms. The monoisotopic (exact) mass is 519 g/mol. The van der Waals surface area contributed by atoms with Gasteiger partial charge in [0.25, 0.3) is 0 Å². The van der Waals surface area contributed by atoms with Gasteiger partial charge < -0.3 is 15.3 Å². The Morgan fingerprint density at radius 2 is 1.89 bits per heavy atom. The van der Waals surface area contributed by atoms with Crippen LogP contribution in [0, 0.1) is 11.3 Å². The fraction of sp³-hybridized carbons (Fsp3) is 0.520. The Balaban J connectivity index is 2.16. The summed E-state index contributed by atoms with van der Waals surface area (Å²) in [5.74, 6) is -2.35. The third kappa shape index (κ3) is 7.35. The van der Waals surface area contributed by atoms with Crippen LogP contribution < -0.4 is 5.32 Å². The molecule has 0 aromatic heterocycles. The van der Waals surface area contributed by atoms with Gasteiger partial charge in [-0.15, -0.1) is 0 Å². The van der Waals surface area contributed by atoms with Crippen molar-refractivity contribution in [2.24, 2.45) is 16.3 Å². The molecule has 1 saturated carbocycles. The SMILES string of the molecule is C=C(/C=C\C=N/C)[C@H](CC(=O)NC[C@H](Cc1ccc(O)cc1C(F)(F)F)N(C)C)C1(C(F)(F)F)CC1. The first-order chi connectivity index (χ1) is 16.6. The molecule has 2 atom stereocenters. The number of nitrogens with zero attached hydrogens (tertiary/aromatic N) is 2. The molecule has 0 heterocycles. The topological polar surface area (TPSA) is 64.9 Å². The number of nitrogens with one attached hydrogen (secondary N) is 1. The van der Waals surface area contributed by atoms with Crippen LogP contribution in [-0.2, 0) is 17.4 Å². The average Bonchev–Trinajstić information content (AvgIpc) is 3.57. The number of benzene rings is 1. The van der Waals surface area contributed by atoms with Gasteiger partial charge in [-0.25, -0.2) is 0 Å². The third-order valence-corrected chi connectivity index (χ3v) is 6.52. The van der Waals surface area contributed by atoms with Crippen LogP contribution >= 0.6 is 0 Å². The standard InChI is InChI=1S/C25H31F6N3O2/c1-16(6-5-11-32-2)20(23(9-10-23)25(29,30)31)14-22(36)33-15-18(34(3)4)12-17-7-8-19(35)13-21(17)24(26,27)28/h5-8,11,13,18,20,35H,1,9-10,12,14-15H2,2-4H3,(H,33,36)/b6-5-,32-11-/t18-,20-/m0/s1. The van der Waals surface area contributed by atoms with Crippen molar-refractivity contribution in [3.8, 4) is 5.75 Å². The highest BCUT2D eigenvalue weighted by atomic mass is 19.4. The maximum atomic E-state index is 13.8. The van der Waals surface area contributed by atoms with Gasteiger partial charge in [0, 0.05) is 38.2 Å². The van der Waals surface area contributed by atoms with Gasteiger partial charge in [0.15, 0.2) is 0 Å². The van der Waals surface area contributed by atoms with Gasteiger partial charge in [-0.05, 0) is 57.1 Å². The summed E-state index contributed by atoms with van der Waals surface area (Å²) in [6.07, 6.45) is -5.71. The van der Waals surface area contributed by atoms with Gasteiger partial charge >= 0.3 is 12.4 Å². The summed E-state index contributed by atoms with van der Waals surface area (Å²) < 4.78 is 81.8. The van der Waals surface area contributed by atoms with Gasteiger partial charge in [-0.2, -0.15) is 26.3 Å². The quantitative estimate of drug-likeness (QED) is 0.241. The number of aromatic hydroxyl groups is 1. The molecule has 1 fully saturated rings. The molecular weight excluding hydrogens is 488 g/mol. The fourth-order valence-electron chi connectivity index (χ4n) is 4.20. The van der Waals surface area contributed by atoms with E-state index >= 15 is 0 Å². The molecule has 2 N–H and O–H groups in total. The van der Waals surface area contributed by atoms with Crippen molar-refractivity contribution < 1.29 is 36.2 Å². The van der Waals surface area contributed by atoms with Gasteiger partial charge in [-0.1, -0.05) is 24.3 Å². The first kappa shape index (κ1) is 29.4. The number of amides is 1. The van der Waals surface area contributed by atoms with E-state index in [1.165, 1.54) is 31.5 Å². The van der Waals surface area contributed by atoms with Crippen LogP contribution in [0.15, 0.2) is 47.5 Å². The van der Waals surface area contributed by atoms with E-state index in [-0.39, 0.29) is 36.9 Å². The zero-order valence-electron chi connectivity index (χ0n) is 20.4. The lowest BCUT2D eigenvalue weighted by atomic mass is 9.80. The number of aliphatic imine (C=N–C) groups is 1. The Kier molecular flexibility index (Phi) is 9.39. The van der Waals surface area contributed by atoms with E-state index in [2.05, 4.69) is 16.9 Å². The van der Waals surface area contributed by atoms with E-state index in [4.69, 9.17) is 0 Å². The normalized spacial score (nSPS) is 17.5. The molecule has 1 amide bonds. The molecule has 200 valence electrons. The largest absolute Gasteiger partial charge is 0.508 e. The Labute approximate surface area is 206 Å². The molecule has 0 saturated heterocycles. The number of carbonyl (C=O) groups is 1. The van der Waals surface area contributed by atoms with E-state index in [9.17, 15) is 36.2 Å². The smallest absolute Gasteiger partial charge is 0.416 e. The lowest BCUT2D eigenvalue weighted by Gasteiger charge is -2.30. The molecule has 1 aliphatic rings. The summed E-state index contributed by atoms with van der Waals surface area (Å²) in [5.41, 5.74) is -2.93. The Hall–Kier alpha value is -2.82. The number of hydrogen-bond acceptors (Lipinski definition) is 4. The molecule has 5 nitrogen and oxygen atoms in total. The second kappa shape index (κ2) is 11.5. The second-order valence-corrected chi connectivity index (χ2v) is 9.22. The highest BCUT2D eigenvalue weighted by Gasteiger charge is 2.67. The molecule has 11 heteroatoms. The molecule has 1 aromatic rings. The highest BCUT2D eigenvalue weighted by molar-refractivity contribution is 5.77. The number of likely N-dealkylation sites (N-methyl/N-ethyl adjacent to an activating group) is 1. The lowest BCUT2D eigenvalue weighted by molar-refractivity contribution is -0.199. The molecule has 0 radical (unpaired) electrons. The van der Waals surface area contributed by atoms with Crippen LogP contribution in [0.25, 0.3) is 0 Å². The molecule has 0 spiro atoms. The summed E-state index contributed by atoms with van der Waals surface area (Å²) in [6.45, 7) is 3.67. The van der Waals surface area contributed by atoms with Crippen LogP contribution in [0.5, 0.6) is 5.75 Å². The van der Waals surface area contributed by atoms with Crippen LogP contribution in [0.3, 0.4) is 0 Å². The summed E-state index contributed by atoms with van der Waals surface area (Å²) in [5, 5.41) is 12.1. The zero-order chi connectivity index (χ0) is 27.3. The number of phenols is 1.